The van der Waals surface area contributed by atoms with Gasteiger partial charge < -0.3 is 0 Å². The number of hydrogen-bond donors (Lipinski definition) is 0. The van der Waals surface area contributed by atoms with E-state index < -0.39 is 0 Å². The molecular weight excluding hydrogens is 234 g/mol. The predicted octanol–water partition coefficient (Wildman–Crippen LogP) is 4.13. The van der Waals surface area contributed by atoms with Crippen LogP contribution in [-0.4, -0.2) is 11.3 Å². The van der Waals surface area contributed by atoms with Gasteiger partial charge in [-0.1, -0.05) is 43.7 Å². The van der Waals surface area contributed by atoms with Gasteiger partial charge in [0.2, 0.25) is 0 Å². The lowest BCUT2D eigenvalue weighted by atomic mass is 9.96. The molecule has 0 aliphatic rings. The second kappa shape index (κ2) is 6.64. The van der Waals surface area contributed by atoms with Crippen LogP contribution < -0.4 is 0 Å². The third-order valence-electron chi connectivity index (χ3n) is 2.94. The quantitative estimate of drug-likeness (QED) is 0.748. The van der Waals surface area contributed by atoms with Crippen LogP contribution >= 0.6 is 0 Å². The largest absolute Gasteiger partial charge is 0.298 e. The number of benzene rings is 1. The molecule has 0 fully saturated rings. The Balaban J connectivity index is 2.46. The fourth-order valence-electron chi connectivity index (χ4n) is 1.99. The third kappa shape index (κ3) is 3.38. The van der Waals surface area contributed by atoms with Gasteiger partial charge in [0.1, 0.15) is 6.29 Å². The van der Waals surface area contributed by atoms with Crippen LogP contribution in [-0.2, 0) is 0 Å². The van der Waals surface area contributed by atoms with E-state index in [1.165, 1.54) is 0 Å². The van der Waals surface area contributed by atoms with Crippen molar-refractivity contribution in [1.29, 1.82) is 0 Å². The zero-order chi connectivity index (χ0) is 13.5. The highest BCUT2D eigenvalue weighted by molar-refractivity contribution is 5.83. The van der Waals surface area contributed by atoms with Crippen molar-refractivity contribution in [3.63, 3.8) is 0 Å². The lowest BCUT2D eigenvalue weighted by Crippen LogP contribution is -1.91. The molecule has 0 saturated carbocycles. The molecule has 19 heavy (non-hydrogen) atoms. The van der Waals surface area contributed by atoms with Crippen molar-refractivity contribution in [2.45, 2.75) is 19.8 Å². The molecule has 0 unspecified atom stereocenters. The first-order chi connectivity index (χ1) is 9.35. The van der Waals surface area contributed by atoms with Gasteiger partial charge in [0, 0.05) is 23.5 Å². The van der Waals surface area contributed by atoms with Crippen LogP contribution in [0.5, 0.6) is 0 Å². The summed E-state index contributed by atoms with van der Waals surface area (Å²) in [6.45, 7) is 2.15. The third-order valence-corrected chi connectivity index (χ3v) is 2.94. The second-order valence-corrected chi connectivity index (χ2v) is 4.39. The van der Waals surface area contributed by atoms with Gasteiger partial charge in [-0.2, -0.15) is 0 Å². The Kier molecular flexibility index (Phi) is 4.62. The molecule has 0 aliphatic carbocycles. The van der Waals surface area contributed by atoms with Crippen LogP contribution in [0.2, 0.25) is 0 Å². The lowest BCUT2D eigenvalue weighted by Gasteiger charge is -2.08. The van der Waals surface area contributed by atoms with Crippen molar-refractivity contribution in [2.75, 3.05) is 0 Å². The molecule has 2 heteroatoms. The van der Waals surface area contributed by atoms with Crippen LogP contribution in [0.1, 0.15) is 41.3 Å². The SMILES string of the molecule is CCC/C=C(/c1cccnc1)c1cccc(C=O)c1. The summed E-state index contributed by atoms with van der Waals surface area (Å²) in [5.74, 6) is 0. The van der Waals surface area contributed by atoms with Gasteiger partial charge in [0.05, 0.1) is 0 Å². The summed E-state index contributed by atoms with van der Waals surface area (Å²) in [6, 6.07) is 11.6. The minimum absolute atomic E-state index is 0.698. The molecule has 0 saturated heterocycles. The fourth-order valence-corrected chi connectivity index (χ4v) is 1.99. The number of carbonyl (C=O) groups is 1. The minimum Gasteiger partial charge on any atom is -0.298 e. The molecule has 2 aromatic rings. The molecule has 0 radical (unpaired) electrons. The van der Waals surface area contributed by atoms with Gasteiger partial charge in [-0.3, -0.25) is 9.78 Å². The van der Waals surface area contributed by atoms with Gasteiger partial charge in [-0.05, 0) is 29.7 Å². The number of hydrogen-bond acceptors (Lipinski definition) is 2. The highest BCUT2D eigenvalue weighted by Crippen LogP contribution is 2.24. The van der Waals surface area contributed by atoms with Crippen molar-refractivity contribution in [3.05, 3.63) is 71.6 Å². The Morgan fingerprint density at radius 1 is 1.21 bits per heavy atom. The van der Waals surface area contributed by atoms with Crippen molar-refractivity contribution in [1.82, 2.24) is 4.98 Å². The van der Waals surface area contributed by atoms with Gasteiger partial charge >= 0.3 is 0 Å². The summed E-state index contributed by atoms with van der Waals surface area (Å²) in [7, 11) is 0. The average molecular weight is 251 g/mol. The van der Waals surface area contributed by atoms with E-state index in [9.17, 15) is 4.79 Å². The first-order valence-corrected chi connectivity index (χ1v) is 6.51. The molecule has 1 aromatic heterocycles. The molecule has 0 aliphatic heterocycles. The second-order valence-electron chi connectivity index (χ2n) is 4.39. The Bertz CT molecular complexity index is 573. The Labute approximate surface area is 113 Å². The Morgan fingerprint density at radius 3 is 2.74 bits per heavy atom. The first-order valence-electron chi connectivity index (χ1n) is 6.51. The van der Waals surface area contributed by atoms with Crippen LogP contribution in [0.25, 0.3) is 5.57 Å². The van der Waals surface area contributed by atoms with Crippen LogP contribution in [0.15, 0.2) is 54.9 Å². The zero-order valence-corrected chi connectivity index (χ0v) is 11.0. The molecule has 1 heterocycles. The van der Waals surface area contributed by atoms with Gasteiger partial charge in [-0.15, -0.1) is 0 Å². The molecule has 0 atom stereocenters. The van der Waals surface area contributed by atoms with Gasteiger partial charge in [-0.25, -0.2) is 0 Å². The van der Waals surface area contributed by atoms with Crippen LogP contribution in [0.3, 0.4) is 0 Å². The normalized spacial score (nSPS) is 11.3. The van der Waals surface area contributed by atoms with E-state index in [4.69, 9.17) is 0 Å². The molecule has 0 bridgehead atoms. The molecule has 96 valence electrons. The van der Waals surface area contributed by atoms with E-state index in [1.54, 1.807) is 6.20 Å². The van der Waals surface area contributed by atoms with Crippen molar-refractivity contribution < 1.29 is 4.79 Å². The van der Waals surface area contributed by atoms with E-state index in [0.717, 1.165) is 35.8 Å². The summed E-state index contributed by atoms with van der Waals surface area (Å²) >= 11 is 0. The number of rotatable bonds is 5. The maximum atomic E-state index is 10.9. The van der Waals surface area contributed by atoms with E-state index in [-0.39, 0.29) is 0 Å². The summed E-state index contributed by atoms with van der Waals surface area (Å²) < 4.78 is 0. The van der Waals surface area contributed by atoms with Gasteiger partial charge in [0.25, 0.3) is 0 Å². The average Bonchev–Trinajstić information content (AvgIpc) is 2.49. The lowest BCUT2D eigenvalue weighted by molar-refractivity contribution is 0.112. The number of aromatic nitrogens is 1. The standard InChI is InChI=1S/C17H17NO/c1-2-3-9-17(16-8-5-10-18-12-16)15-7-4-6-14(11-15)13-19/h4-13H,2-3H2,1H3/b17-9+. The monoisotopic (exact) mass is 251 g/mol. The van der Waals surface area contributed by atoms with E-state index in [2.05, 4.69) is 18.0 Å². The van der Waals surface area contributed by atoms with Crippen molar-refractivity contribution in [3.8, 4) is 0 Å². The fraction of sp³-hybridized carbons (Fsp3) is 0.176. The molecule has 1 aromatic carbocycles. The predicted molar refractivity (Wildman–Crippen MR) is 78.1 cm³/mol. The number of aldehydes is 1. The summed E-state index contributed by atoms with van der Waals surface area (Å²) in [4.78, 5) is 15.1. The van der Waals surface area contributed by atoms with Crippen LogP contribution in [0, 0.1) is 0 Å². The zero-order valence-electron chi connectivity index (χ0n) is 11.0. The maximum absolute atomic E-state index is 10.9. The Hall–Kier alpha value is -2.22. The molecular formula is C17H17NO. The summed E-state index contributed by atoms with van der Waals surface area (Å²) in [6.07, 6.45) is 8.82. The van der Waals surface area contributed by atoms with Crippen molar-refractivity contribution >= 4 is 11.9 Å². The summed E-state index contributed by atoms with van der Waals surface area (Å²) in [5, 5.41) is 0. The van der Waals surface area contributed by atoms with E-state index in [0.29, 0.717) is 5.56 Å². The highest BCUT2D eigenvalue weighted by atomic mass is 16.1. The molecule has 0 amide bonds. The van der Waals surface area contributed by atoms with Crippen molar-refractivity contribution in [2.24, 2.45) is 0 Å². The number of unbranched alkanes of at least 4 members (excludes halogenated alkanes) is 1. The number of allylic oxidation sites excluding steroid dienone is 1. The van der Waals surface area contributed by atoms with Gasteiger partial charge in [0.15, 0.2) is 0 Å². The minimum atomic E-state index is 0.698. The topological polar surface area (TPSA) is 30.0 Å². The number of carbonyl (C=O) groups excluding carboxylic acids is 1. The maximum Gasteiger partial charge on any atom is 0.150 e. The Morgan fingerprint density at radius 2 is 2.05 bits per heavy atom. The number of nitrogens with zero attached hydrogens (tertiary/aromatic N) is 1. The molecule has 0 spiro atoms. The van der Waals surface area contributed by atoms with E-state index in [1.807, 2.05) is 42.6 Å². The molecule has 0 N–H and O–H groups in total. The highest BCUT2D eigenvalue weighted by Gasteiger charge is 2.05. The van der Waals surface area contributed by atoms with Crippen LogP contribution in [0.4, 0.5) is 0 Å². The number of pyridine rings is 1. The smallest absolute Gasteiger partial charge is 0.150 e. The first kappa shape index (κ1) is 13.2. The van der Waals surface area contributed by atoms with E-state index >= 15 is 0 Å². The molecule has 2 nitrogen and oxygen atoms in total. The summed E-state index contributed by atoms with van der Waals surface area (Å²) in [5.41, 5.74) is 3.98. The molecule has 2 rings (SSSR count).